The van der Waals surface area contributed by atoms with Crippen molar-refractivity contribution in [3.8, 4) is 16.9 Å². The second-order valence-corrected chi connectivity index (χ2v) is 7.86. The molecule has 2 N–H and O–H groups in total. The van der Waals surface area contributed by atoms with Gasteiger partial charge in [0.1, 0.15) is 16.9 Å². The number of phenols is 1. The van der Waals surface area contributed by atoms with Crippen LogP contribution in [0.5, 0.6) is 5.75 Å². The lowest BCUT2D eigenvalue weighted by molar-refractivity contribution is 0.0953. The van der Waals surface area contributed by atoms with Gasteiger partial charge in [-0.2, -0.15) is 0 Å². The predicted octanol–water partition coefficient (Wildman–Crippen LogP) is 6.32. The number of benzene rings is 4. The number of rotatable bonds is 6. The average Bonchev–Trinajstić information content (AvgIpc) is 3.21. The molecule has 32 heavy (non-hydrogen) atoms. The van der Waals surface area contributed by atoms with Crippen LogP contribution < -0.4 is 5.32 Å². The van der Waals surface area contributed by atoms with Gasteiger partial charge in [-0.25, -0.2) is 0 Å². The van der Waals surface area contributed by atoms with E-state index < -0.39 is 0 Å². The SMILES string of the molecule is O=C(NCCCc1ccccc1)c1cc(O)ccc1-c1cccc2c1oc1ccccc12. The fourth-order valence-electron chi connectivity index (χ4n) is 4.15. The molecule has 0 aliphatic heterocycles. The van der Waals surface area contributed by atoms with E-state index in [1.807, 2.05) is 60.7 Å². The maximum Gasteiger partial charge on any atom is 0.252 e. The third kappa shape index (κ3) is 3.83. The number of hydrogen-bond acceptors (Lipinski definition) is 3. The molecule has 1 amide bonds. The van der Waals surface area contributed by atoms with Crippen LogP contribution in [0.2, 0.25) is 0 Å². The minimum Gasteiger partial charge on any atom is -0.508 e. The van der Waals surface area contributed by atoms with Crippen LogP contribution in [-0.4, -0.2) is 17.6 Å². The van der Waals surface area contributed by atoms with Gasteiger partial charge in [0, 0.05) is 22.9 Å². The van der Waals surface area contributed by atoms with Crippen molar-refractivity contribution in [1.29, 1.82) is 0 Å². The van der Waals surface area contributed by atoms with E-state index in [1.165, 1.54) is 11.6 Å². The molecule has 158 valence electrons. The first-order valence-corrected chi connectivity index (χ1v) is 10.8. The largest absolute Gasteiger partial charge is 0.508 e. The number of carbonyl (C=O) groups excluding carboxylic acids is 1. The summed E-state index contributed by atoms with van der Waals surface area (Å²) in [6, 6.07) is 28.9. The Balaban J connectivity index is 1.44. The molecule has 5 aromatic rings. The van der Waals surface area contributed by atoms with Crippen LogP contribution >= 0.6 is 0 Å². The molecule has 1 aromatic heterocycles. The van der Waals surface area contributed by atoms with Crippen molar-refractivity contribution in [2.75, 3.05) is 6.54 Å². The van der Waals surface area contributed by atoms with Gasteiger partial charge in [0.2, 0.25) is 0 Å². The highest BCUT2D eigenvalue weighted by Gasteiger charge is 2.18. The molecule has 4 nitrogen and oxygen atoms in total. The maximum absolute atomic E-state index is 13.1. The van der Waals surface area contributed by atoms with Crippen molar-refractivity contribution in [3.05, 3.63) is 102 Å². The number of fused-ring (bicyclic) bond motifs is 3. The monoisotopic (exact) mass is 421 g/mol. The number of aromatic hydroxyl groups is 1. The summed E-state index contributed by atoms with van der Waals surface area (Å²) in [7, 11) is 0. The first-order chi connectivity index (χ1) is 15.7. The molecule has 5 rings (SSSR count). The highest BCUT2D eigenvalue weighted by atomic mass is 16.3. The molecule has 0 bridgehead atoms. The molecule has 0 saturated heterocycles. The highest BCUT2D eigenvalue weighted by molar-refractivity contribution is 6.11. The summed E-state index contributed by atoms with van der Waals surface area (Å²) in [5.41, 5.74) is 4.77. The van der Waals surface area contributed by atoms with E-state index in [0.717, 1.165) is 45.9 Å². The van der Waals surface area contributed by atoms with Crippen molar-refractivity contribution in [2.45, 2.75) is 12.8 Å². The van der Waals surface area contributed by atoms with Crippen LogP contribution in [0, 0.1) is 0 Å². The molecule has 4 aromatic carbocycles. The quantitative estimate of drug-likeness (QED) is 0.315. The van der Waals surface area contributed by atoms with Crippen molar-refractivity contribution in [3.63, 3.8) is 0 Å². The molecule has 0 aliphatic rings. The molecule has 0 saturated carbocycles. The summed E-state index contributed by atoms with van der Waals surface area (Å²) in [6.07, 6.45) is 1.73. The summed E-state index contributed by atoms with van der Waals surface area (Å²) in [4.78, 5) is 13.1. The zero-order valence-electron chi connectivity index (χ0n) is 17.5. The standard InChI is InChI=1S/C28H23NO3/c30-20-15-16-21(23-12-6-13-24-22-11-4-5-14-26(22)32-27(23)24)25(18-20)28(31)29-17-7-10-19-8-2-1-3-9-19/h1-6,8-9,11-16,18,30H,7,10,17H2,(H,29,31). The maximum atomic E-state index is 13.1. The van der Waals surface area contributed by atoms with Gasteiger partial charge in [-0.05, 0) is 48.2 Å². The lowest BCUT2D eigenvalue weighted by Crippen LogP contribution is -2.25. The van der Waals surface area contributed by atoms with Gasteiger partial charge in [0.15, 0.2) is 0 Å². The number of amides is 1. The molecule has 0 spiro atoms. The van der Waals surface area contributed by atoms with E-state index in [0.29, 0.717) is 12.1 Å². The van der Waals surface area contributed by atoms with E-state index in [-0.39, 0.29) is 11.7 Å². The lowest BCUT2D eigenvalue weighted by atomic mass is 9.96. The number of nitrogens with one attached hydrogen (secondary N) is 1. The van der Waals surface area contributed by atoms with E-state index >= 15 is 0 Å². The van der Waals surface area contributed by atoms with E-state index in [2.05, 4.69) is 17.4 Å². The van der Waals surface area contributed by atoms with Crippen LogP contribution in [0.3, 0.4) is 0 Å². The van der Waals surface area contributed by atoms with Crippen molar-refractivity contribution < 1.29 is 14.3 Å². The molecule has 0 unspecified atom stereocenters. The number of carbonyl (C=O) groups is 1. The average molecular weight is 421 g/mol. The van der Waals surface area contributed by atoms with Crippen molar-refractivity contribution >= 4 is 27.8 Å². The third-order valence-electron chi connectivity index (χ3n) is 5.71. The van der Waals surface area contributed by atoms with Gasteiger partial charge < -0.3 is 14.8 Å². The van der Waals surface area contributed by atoms with Crippen LogP contribution in [0.1, 0.15) is 22.3 Å². The minimum absolute atomic E-state index is 0.0555. The van der Waals surface area contributed by atoms with Crippen LogP contribution in [0.4, 0.5) is 0 Å². The first kappa shape index (κ1) is 19.9. The Morgan fingerprint density at radius 2 is 1.59 bits per heavy atom. The lowest BCUT2D eigenvalue weighted by Gasteiger charge is -2.12. The summed E-state index contributed by atoms with van der Waals surface area (Å²) in [5.74, 6) is -0.156. The van der Waals surface area contributed by atoms with Gasteiger partial charge in [-0.15, -0.1) is 0 Å². The Morgan fingerprint density at radius 1 is 0.812 bits per heavy atom. The van der Waals surface area contributed by atoms with E-state index in [9.17, 15) is 9.90 Å². The summed E-state index contributed by atoms with van der Waals surface area (Å²) >= 11 is 0. The Bertz CT molecular complexity index is 1400. The van der Waals surface area contributed by atoms with Gasteiger partial charge in [-0.3, -0.25) is 4.79 Å². The number of aryl methyl sites for hydroxylation is 1. The summed E-state index contributed by atoms with van der Waals surface area (Å²) in [5, 5.41) is 15.1. The van der Waals surface area contributed by atoms with Crippen LogP contribution in [0.15, 0.2) is 95.4 Å². The fourth-order valence-corrected chi connectivity index (χ4v) is 4.15. The Kier molecular flexibility index (Phi) is 5.34. The Labute approximate surface area is 186 Å². The van der Waals surface area contributed by atoms with Gasteiger partial charge >= 0.3 is 0 Å². The Morgan fingerprint density at radius 3 is 2.47 bits per heavy atom. The molecular formula is C28H23NO3. The smallest absolute Gasteiger partial charge is 0.252 e. The van der Waals surface area contributed by atoms with E-state index in [4.69, 9.17) is 4.42 Å². The second kappa shape index (κ2) is 8.60. The summed E-state index contributed by atoms with van der Waals surface area (Å²) in [6.45, 7) is 0.553. The van der Waals surface area contributed by atoms with Gasteiger partial charge in [0.25, 0.3) is 5.91 Å². The van der Waals surface area contributed by atoms with Gasteiger partial charge in [-0.1, -0.05) is 66.7 Å². The topological polar surface area (TPSA) is 62.5 Å². The van der Waals surface area contributed by atoms with Crippen LogP contribution in [0.25, 0.3) is 33.1 Å². The zero-order valence-corrected chi connectivity index (χ0v) is 17.5. The minimum atomic E-state index is -0.211. The van der Waals surface area contributed by atoms with Crippen molar-refractivity contribution in [1.82, 2.24) is 5.32 Å². The molecular weight excluding hydrogens is 398 g/mol. The second-order valence-electron chi connectivity index (χ2n) is 7.86. The zero-order chi connectivity index (χ0) is 21.9. The summed E-state index contributed by atoms with van der Waals surface area (Å²) < 4.78 is 6.16. The normalized spacial score (nSPS) is 11.1. The third-order valence-corrected chi connectivity index (χ3v) is 5.71. The number of hydrogen-bond donors (Lipinski definition) is 2. The van der Waals surface area contributed by atoms with E-state index in [1.54, 1.807) is 12.1 Å². The molecule has 4 heteroatoms. The van der Waals surface area contributed by atoms with Crippen LogP contribution in [-0.2, 0) is 6.42 Å². The number of furan rings is 1. The first-order valence-electron chi connectivity index (χ1n) is 10.8. The number of phenolic OH excluding ortho intramolecular Hbond substituents is 1. The molecule has 0 radical (unpaired) electrons. The predicted molar refractivity (Wildman–Crippen MR) is 128 cm³/mol. The Hall–Kier alpha value is -4.05. The molecule has 0 atom stereocenters. The van der Waals surface area contributed by atoms with Crippen molar-refractivity contribution in [2.24, 2.45) is 0 Å². The van der Waals surface area contributed by atoms with Gasteiger partial charge in [0.05, 0.1) is 5.56 Å². The molecule has 0 fully saturated rings. The number of para-hydroxylation sites is 2. The molecule has 0 aliphatic carbocycles. The fraction of sp³-hybridized carbons (Fsp3) is 0.107. The molecule has 1 heterocycles. The highest BCUT2D eigenvalue weighted by Crippen LogP contribution is 2.37.